The van der Waals surface area contributed by atoms with Gasteiger partial charge in [0.15, 0.2) is 0 Å². The number of hydrogen-bond donors (Lipinski definition) is 2. The highest BCUT2D eigenvalue weighted by atomic mass is 35.5. The molecule has 0 radical (unpaired) electrons. The molecule has 138 valence electrons. The number of carbonyl (C=O) groups is 2. The number of anilines is 2. The van der Waals surface area contributed by atoms with E-state index in [2.05, 4.69) is 10.6 Å². The number of halogens is 2. The normalized spacial score (nSPS) is 10.5. The van der Waals surface area contributed by atoms with Crippen molar-refractivity contribution in [3.63, 3.8) is 0 Å². The topological polar surface area (TPSA) is 67.4 Å². The lowest BCUT2D eigenvalue weighted by atomic mass is 10.1. The zero-order chi connectivity index (χ0) is 19.3. The summed E-state index contributed by atoms with van der Waals surface area (Å²) in [7, 11) is 1.45. The van der Waals surface area contributed by atoms with E-state index in [0.29, 0.717) is 23.5 Å². The molecule has 0 aromatic heterocycles. The van der Waals surface area contributed by atoms with Gasteiger partial charge in [-0.1, -0.05) is 25.4 Å². The summed E-state index contributed by atoms with van der Waals surface area (Å²) >= 11 is 5.70. The van der Waals surface area contributed by atoms with Crippen molar-refractivity contribution in [3.05, 3.63) is 52.8 Å². The summed E-state index contributed by atoms with van der Waals surface area (Å²) in [4.78, 5) is 24.3. The highest BCUT2D eigenvalue weighted by molar-refractivity contribution is 6.30. The van der Waals surface area contributed by atoms with Gasteiger partial charge in [0.25, 0.3) is 5.91 Å². The Morgan fingerprint density at radius 2 is 1.88 bits per heavy atom. The Morgan fingerprint density at radius 3 is 2.50 bits per heavy atom. The van der Waals surface area contributed by atoms with E-state index >= 15 is 0 Å². The highest BCUT2D eigenvalue weighted by Crippen LogP contribution is 2.29. The summed E-state index contributed by atoms with van der Waals surface area (Å²) in [5.41, 5.74) is 0.670. The predicted molar refractivity (Wildman–Crippen MR) is 100 cm³/mol. The van der Waals surface area contributed by atoms with Crippen molar-refractivity contribution in [1.82, 2.24) is 0 Å². The second-order valence-electron chi connectivity index (χ2n) is 6.14. The first-order valence-electron chi connectivity index (χ1n) is 8.04. The molecule has 2 aromatic rings. The minimum atomic E-state index is -0.727. The van der Waals surface area contributed by atoms with Crippen LogP contribution in [0, 0.1) is 11.7 Å². The molecule has 0 unspecified atom stereocenters. The molecule has 0 saturated carbocycles. The second kappa shape index (κ2) is 8.67. The number of carbonyl (C=O) groups excluding carboxylic acids is 2. The van der Waals surface area contributed by atoms with Crippen LogP contribution in [0.2, 0.25) is 5.02 Å². The lowest BCUT2D eigenvalue weighted by Crippen LogP contribution is -2.16. The van der Waals surface area contributed by atoms with Crippen molar-refractivity contribution in [3.8, 4) is 5.75 Å². The zero-order valence-corrected chi connectivity index (χ0v) is 15.5. The molecule has 2 rings (SSSR count). The highest BCUT2D eigenvalue weighted by Gasteiger charge is 2.15. The Balaban J connectivity index is 2.22. The summed E-state index contributed by atoms with van der Waals surface area (Å²) < 4.78 is 19.1. The Hall–Kier alpha value is -2.60. The molecule has 0 aliphatic heterocycles. The fourth-order valence-corrected chi connectivity index (χ4v) is 2.49. The molecular weight excluding hydrogens is 359 g/mol. The summed E-state index contributed by atoms with van der Waals surface area (Å²) in [6.07, 6.45) is 0.379. The van der Waals surface area contributed by atoms with E-state index in [-0.39, 0.29) is 22.4 Å². The number of rotatable bonds is 6. The summed E-state index contributed by atoms with van der Waals surface area (Å²) in [5.74, 6) is -0.903. The minimum Gasteiger partial charge on any atom is -0.495 e. The van der Waals surface area contributed by atoms with Crippen LogP contribution in [0.4, 0.5) is 15.8 Å². The fourth-order valence-electron chi connectivity index (χ4n) is 2.33. The number of nitrogens with one attached hydrogen (secondary N) is 2. The van der Waals surface area contributed by atoms with Gasteiger partial charge in [0.05, 0.1) is 18.4 Å². The molecule has 0 spiro atoms. The maximum atomic E-state index is 13.9. The number of benzene rings is 2. The van der Waals surface area contributed by atoms with Crippen LogP contribution in [0.3, 0.4) is 0 Å². The van der Waals surface area contributed by atoms with E-state index in [9.17, 15) is 14.0 Å². The standard InChI is InChI=1S/C19H20ClFN2O3/c1-11(2)8-18(24)22-13-5-7-17(26-3)16(10-13)23-19(25)14-6-4-12(20)9-15(14)21/h4-7,9-11H,8H2,1-3H3,(H,22,24)(H,23,25). The monoisotopic (exact) mass is 378 g/mol. The second-order valence-corrected chi connectivity index (χ2v) is 6.58. The molecule has 0 heterocycles. The lowest BCUT2D eigenvalue weighted by molar-refractivity contribution is -0.116. The predicted octanol–water partition coefficient (Wildman–Crippen LogP) is 4.72. The van der Waals surface area contributed by atoms with Crippen molar-refractivity contribution in [2.24, 2.45) is 5.92 Å². The van der Waals surface area contributed by atoms with E-state index in [1.54, 1.807) is 18.2 Å². The van der Waals surface area contributed by atoms with Crippen LogP contribution in [0.15, 0.2) is 36.4 Å². The molecule has 0 aliphatic carbocycles. The van der Waals surface area contributed by atoms with Gasteiger partial charge in [0, 0.05) is 17.1 Å². The first-order valence-corrected chi connectivity index (χ1v) is 8.42. The maximum Gasteiger partial charge on any atom is 0.258 e. The largest absolute Gasteiger partial charge is 0.495 e. The smallest absolute Gasteiger partial charge is 0.258 e. The van der Waals surface area contributed by atoms with Gasteiger partial charge in [-0.25, -0.2) is 4.39 Å². The van der Waals surface area contributed by atoms with Crippen molar-refractivity contribution in [1.29, 1.82) is 0 Å². The minimum absolute atomic E-state index is 0.133. The summed E-state index contributed by atoms with van der Waals surface area (Å²) in [5, 5.41) is 5.55. The van der Waals surface area contributed by atoms with Gasteiger partial charge < -0.3 is 15.4 Å². The van der Waals surface area contributed by atoms with Crippen LogP contribution in [-0.4, -0.2) is 18.9 Å². The molecule has 2 aromatic carbocycles. The number of methoxy groups -OCH3 is 1. The van der Waals surface area contributed by atoms with Gasteiger partial charge >= 0.3 is 0 Å². The van der Waals surface area contributed by atoms with Crippen molar-refractivity contribution in [2.75, 3.05) is 17.7 Å². The lowest BCUT2D eigenvalue weighted by Gasteiger charge is -2.13. The summed E-state index contributed by atoms with van der Waals surface area (Å²) in [6.45, 7) is 3.89. The van der Waals surface area contributed by atoms with Crippen molar-refractivity contribution < 1.29 is 18.7 Å². The molecule has 2 N–H and O–H groups in total. The number of ether oxygens (including phenoxy) is 1. The van der Waals surface area contributed by atoms with Crippen LogP contribution < -0.4 is 15.4 Å². The number of amides is 2. The van der Waals surface area contributed by atoms with E-state index in [4.69, 9.17) is 16.3 Å². The van der Waals surface area contributed by atoms with Crippen molar-refractivity contribution in [2.45, 2.75) is 20.3 Å². The SMILES string of the molecule is COc1ccc(NC(=O)CC(C)C)cc1NC(=O)c1ccc(Cl)cc1F. The third kappa shape index (κ3) is 5.20. The Labute approximate surface area is 156 Å². The maximum absolute atomic E-state index is 13.9. The first kappa shape index (κ1) is 19.7. The van der Waals surface area contributed by atoms with Crippen LogP contribution in [0.1, 0.15) is 30.6 Å². The van der Waals surface area contributed by atoms with Crippen LogP contribution in [0.5, 0.6) is 5.75 Å². The van der Waals surface area contributed by atoms with Gasteiger partial charge in [0.1, 0.15) is 11.6 Å². The van der Waals surface area contributed by atoms with Crippen LogP contribution in [-0.2, 0) is 4.79 Å². The number of hydrogen-bond acceptors (Lipinski definition) is 3. The Kier molecular flexibility index (Phi) is 6.58. The molecule has 0 atom stereocenters. The van der Waals surface area contributed by atoms with E-state index in [0.717, 1.165) is 6.07 Å². The third-order valence-corrected chi connectivity index (χ3v) is 3.74. The first-order chi connectivity index (χ1) is 12.3. The molecule has 5 nitrogen and oxygen atoms in total. The van der Waals surface area contributed by atoms with Gasteiger partial charge in [-0.15, -0.1) is 0 Å². The van der Waals surface area contributed by atoms with Crippen LogP contribution in [0.25, 0.3) is 0 Å². The van der Waals surface area contributed by atoms with Crippen LogP contribution >= 0.6 is 11.6 Å². The molecule has 0 fully saturated rings. The zero-order valence-electron chi connectivity index (χ0n) is 14.7. The molecule has 0 bridgehead atoms. The van der Waals surface area contributed by atoms with E-state index in [1.165, 1.54) is 19.2 Å². The van der Waals surface area contributed by atoms with Crippen molar-refractivity contribution >= 4 is 34.8 Å². The van der Waals surface area contributed by atoms with Gasteiger partial charge in [0.2, 0.25) is 5.91 Å². The Morgan fingerprint density at radius 1 is 1.15 bits per heavy atom. The molecular formula is C19H20ClFN2O3. The molecule has 0 aliphatic rings. The van der Waals surface area contributed by atoms with Gasteiger partial charge in [-0.3, -0.25) is 9.59 Å². The van der Waals surface area contributed by atoms with Gasteiger partial charge in [-0.05, 0) is 42.3 Å². The third-order valence-electron chi connectivity index (χ3n) is 3.50. The molecule has 7 heteroatoms. The fraction of sp³-hybridized carbons (Fsp3) is 0.263. The quantitative estimate of drug-likeness (QED) is 0.763. The molecule has 0 saturated heterocycles. The average Bonchev–Trinajstić information content (AvgIpc) is 2.54. The van der Waals surface area contributed by atoms with E-state index < -0.39 is 11.7 Å². The summed E-state index contributed by atoms with van der Waals surface area (Å²) in [6, 6.07) is 8.63. The Bertz CT molecular complexity index is 824. The average molecular weight is 379 g/mol. The molecule has 26 heavy (non-hydrogen) atoms. The van der Waals surface area contributed by atoms with Gasteiger partial charge in [-0.2, -0.15) is 0 Å². The van der Waals surface area contributed by atoms with E-state index in [1.807, 2.05) is 13.8 Å². The molecule has 2 amide bonds.